The van der Waals surface area contributed by atoms with Gasteiger partial charge in [-0.15, -0.1) is 108 Å². The normalized spacial score (nSPS) is 9.80. The fraction of sp³-hybridized carbons (Fsp3) is 0.0488. The van der Waals surface area contributed by atoms with Gasteiger partial charge >= 0.3 is 20.1 Å². The molecule has 0 saturated heterocycles. The third-order valence-corrected chi connectivity index (χ3v) is 6.74. The second-order valence-electron chi connectivity index (χ2n) is 9.70. The number of aromatic nitrogens is 3. The van der Waals surface area contributed by atoms with E-state index in [1.165, 1.54) is 16.7 Å². The van der Waals surface area contributed by atoms with E-state index in [-0.39, 0.29) is 20.1 Å². The molecule has 7 aromatic rings. The minimum Gasteiger partial charge on any atom is -0.305 e. The number of benzene rings is 4. The predicted molar refractivity (Wildman–Crippen MR) is 180 cm³/mol. The quantitative estimate of drug-likeness (QED) is 0.164. The van der Waals surface area contributed by atoms with Gasteiger partial charge in [0.15, 0.2) is 0 Å². The molecule has 0 fully saturated rings. The third kappa shape index (κ3) is 9.74. The summed E-state index contributed by atoms with van der Waals surface area (Å²) in [4.78, 5) is 13.0. The molecule has 0 bridgehead atoms. The Kier molecular flexibility index (Phi) is 13.1. The molecule has 4 heteroatoms. The molecular formula is C41H32IrN3. The van der Waals surface area contributed by atoms with E-state index in [2.05, 4.69) is 70.4 Å². The Morgan fingerprint density at radius 2 is 0.956 bits per heavy atom. The van der Waals surface area contributed by atoms with E-state index in [9.17, 15) is 0 Å². The van der Waals surface area contributed by atoms with Crippen LogP contribution in [-0.2, 0) is 26.5 Å². The van der Waals surface area contributed by atoms with Crippen LogP contribution in [0.2, 0.25) is 0 Å². The number of pyridine rings is 3. The van der Waals surface area contributed by atoms with E-state index in [1.807, 2.05) is 121 Å². The first kappa shape index (κ1) is 32.9. The van der Waals surface area contributed by atoms with Crippen molar-refractivity contribution < 1.29 is 20.1 Å². The molecule has 3 heterocycles. The van der Waals surface area contributed by atoms with Crippen molar-refractivity contribution in [1.82, 2.24) is 15.0 Å². The van der Waals surface area contributed by atoms with Crippen LogP contribution in [0.4, 0.5) is 0 Å². The molecule has 0 aliphatic heterocycles. The Hall–Kier alpha value is -5.02. The Morgan fingerprint density at radius 1 is 0.489 bits per heavy atom. The van der Waals surface area contributed by atoms with E-state index in [0.717, 1.165) is 40.2 Å². The smallest absolute Gasteiger partial charge is 0.305 e. The van der Waals surface area contributed by atoms with Crippen molar-refractivity contribution in [3.8, 4) is 44.9 Å². The summed E-state index contributed by atoms with van der Waals surface area (Å²) in [7, 11) is 0. The van der Waals surface area contributed by atoms with Crippen molar-refractivity contribution in [3.63, 3.8) is 0 Å². The van der Waals surface area contributed by atoms with Crippen LogP contribution in [0.5, 0.6) is 0 Å². The molecule has 0 spiro atoms. The Balaban J connectivity index is 0.000000160. The van der Waals surface area contributed by atoms with Crippen LogP contribution in [0.1, 0.15) is 12.5 Å². The van der Waals surface area contributed by atoms with Crippen LogP contribution in [0, 0.1) is 18.2 Å². The van der Waals surface area contributed by atoms with E-state index in [1.54, 1.807) is 12.4 Å². The summed E-state index contributed by atoms with van der Waals surface area (Å²) >= 11 is 0. The van der Waals surface area contributed by atoms with Gasteiger partial charge in [0.05, 0.1) is 0 Å². The van der Waals surface area contributed by atoms with Gasteiger partial charge in [-0.25, -0.2) is 0 Å². The average molecular weight is 759 g/mol. The topological polar surface area (TPSA) is 38.7 Å². The largest absolute Gasteiger partial charge is 3.00 e. The SMILES string of the molecule is CCc1cc(-c2[c-]cccc2)ncc1-c1ccccc1.[Ir+3].[c-]1ccccc1-c1ccccn1.[c-]1ccccc1-c1ccccn1. The molecule has 220 valence electrons. The number of rotatable bonds is 5. The zero-order valence-corrected chi connectivity index (χ0v) is 27.4. The Bertz CT molecular complexity index is 1650. The van der Waals surface area contributed by atoms with Gasteiger partial charge in [-0.2, -0.15) is 0 Å². The maximum absolute atomic E-state index is 4.60. The van der Waals surface area contributed by atoms with Crippen molar-refractivity contribution in [1.29, 1.82) is 0 Å². The van der Waals surface area contributed by atoms with Crippen molar-refractivity contribution in [2.45, 2.75) is 13.3 Å². The third-order valence-electron chi connectivity index (χ3n) is 6.74. The van der Waals surface area contributed by atoms with Crippen molar-refractivity contribution in [2.24, 2.45) is 0 Å². The summed E-state index contributed by atoms with van der Waals surface area (Å²) in [5.41, 5.74) is 9.81. The van der Waals surface area contributed by atoms with Gasteiger partial charge in [0.1, 0.15) is 0 Å². The van der Waals surface area contributed by atoms with Crippen LogP contribution in [0.15, 0.2) is 164 Å². The fourth-order valence-electron chi connectivity index (χ4n) is 4.52. The van der Waals surface area contributed by atoms with Gasteiger partial charge in [0.25, 0.3) is 0 Å². The molecule has 0 aliphatic carbocycles. The van der Waals surface area contributed by atoms with Crippen molar-refractivity contribution in [3.05, 3.63) is 188 Å². The monoisotopic (exact) mass is 759 g/mol. The molecule has 7 rings (SSSR count). The fourth-order valence-corrected chi connectivity index (χ4v) is 4.52. The van der Waals surface area contributed by atoms with Crippen molar-refractivity contribution in [2.75, 3.05) is 0 Å². The summed E-state index contributed by atoms with van der Waals surface area (Å²) in [6, 6.07) is 57.4. The summed E-state index contributed by atoms with van der Waals surface area (Å²) < 4.78 is 0. The number of aryl methyl sites for hydroxylation is 1. The summed E-state index contributed by atoms with van der Waals surface area (Å²) in [5.74, 6) is 0. The van der Waals surface area contributed by atoms with Gasteiger partial charge in [-0.1, -0.05) is 67.6 Å². The van der Waals surface area contributed by atoms with Crippen molar-refractivity contribution >= 4 is 0 Å². The summed E-state index contributed by atoms with van der Waals surface area (Å²) in [6.07, 6.45) is 6.54. The first-order chi connectivity index (χ1) is 21.8. The summed E-state index contributed by atoms with van der Waals surface area (Å²) in [5, 5.41) is 0. The zero-order chi connectivity index (χ0) is 30.2. The molecule has 0 N–H and O–H groups in total. The molecular weight excluding hydrogens is 727 g/mol. The molecule has 0 radical (unpaired) electrons. The van der Waals surface area contributed by atoms with Crippen LogP contribution >= 0.6 is 0 Å². The molecule has 45 heavy (non-hydrogen) atoms. The minimum absolute atomic E-state index is 0. The second kappa shape index (κ2) is 17.9. The predicted octanol–water partition coefficient (Wildman–Crippen LogP) is 9.87. The minimum atomic E-state index is 0. The maximum atomic E-state index is 4.60. The molecule has 3 nitrogen and oxygen atoms in total. The van der Waals surface area contributed by atoms with Crippen LogP contribution in [-0.4, -0.2) is 15.0 Å². The molecule has 0 unspecified atom stereocenters. The average Bonchev–Trinajstić information content (AvgIpc) is 3.14. The van der Waals surface area contributed by atoms with Gasteiger partial charge in [0.2, 0.25) is 0 Å². The van der Waals surface area contributed by atoms with Gasteiger partial charge in [-0.05, 0) is 46.8 Å². The first-order valence-corrected chi connectivity index (χ1v) is 14.6. The second-order valence-corrected chi connectivity index (χ2v) is 9.70. The van der Waals surface area contributed by atoms with E-state index < -0.39 is 0 Å². The molecule has 0 saturated carbocycles. The first-order valence-electron chi connectivity index (χ1n) is 14.6. The van der Waals surface area contributed by atoms with Gasteiger partial charge in [-0.3, -0.25) is 0 Å². The van der Waals surface area contributed by atoms with E-state index in [4.69, 9.17) is 0 Å². The zero-order valence-electron chi connectivity index (χ0n) is 25.0. The number of hydrogen-bond donors (Lipinski definition) is 0. The van der Waals surface area contributed by atoms with Crippen LogP contribution < -0.4 is 0 Å². The Labute approximate surface area is 280 Å². The van der Waals surface area contributed by atoms with Crippen LogP contribution in [0.3, 0.4) is 0 Å². The molecule has 4 aromatic carbocycles. The number of hydrogen-bond acceptors (Lipinski definition) is 3. The van der Waals surface area contributed by atoms with Gasteiger partial charge < -0.3 is 15.0 Å². The number of nitrogens with zero attached hydrogens (tertiary/aromatic N) is 3. The molecule has 0 aliphatic rings. The standard InChI is InChI=1S/C19H16N.2C11H8N.Ir/c1-2-15-13-19(17-11-7-4-8-12-17)20-14-18(15)16-9-5-3-6-10-16;2*1-2-6-10(7-3-1)11-8-4-5-9-12-11;/h3-11,13-14H,2H2,1H3;2*1-6,8-9H;/q3*-1;+3. The molecule has 0 atom stereocenters. The molecule has 0 amide bonds. The van der Waals surface area contributed by atoms with E-state index >= 15 is 0 Å². The van der Waals surface area contributed by atoms with Crippen LogP contribution in [0.25, 0.3) is 44.9 Å². The van der Waals surface area contributed by atoms with Gasteiger partial charge in [0, 0.05) is 24.2 Å². The van der Waals surface area contributed by atoms with E-state index in [0.29, 0.717) is 0 Å². The summed E-state index contributed by atoms with van der Waals surface area (Å²) in [6.45, 7) is 2.18. The Morgan fingerprint density at radius 3 is 1.38 bits per heavy atom. The maximum Gasteiger partial charge on any atom is 3.00 e. The molecule has 3 aromatic heterocycles.